The predicted octanol–water partition coefficient (Wildman–Crippen LogP) is 3.70. The van der Waals surface area contributed by atoms with Gasteiger partial charge >= 0.3 is 6.09 Å². The molecule has 2 atom stereocenters. The van der Waals surface area contributed by atoms with Crippen LogP contribution in [0.15, 0.2) is 24.3 Å². The van der Waals surface area contributed by atoms with E-state index in [4.69, 9.17) is 9.47 Å². The molecule has 5 heteroatoms. The first-order valence-electron chi connectivity index (χ1n) is 8.35. The van der Waals surface area contributed by atoms with E-state index >= 15 is 0 Å². The number of nitriles is 1. The zero-order valence-electron chi connectivity index (χ0n) is 14.7. The van der Waals surface area contributed by atoms with Crippen molar-refractivity contribution >= 4 is 6.09 Å². The van der Waals surface area contributed by atoms with Gasteiger partial charge in [0, 0.05) is 12.5 Å². The molecule has 3 rings (SSSR count). The minimum Gasteiger partial charge on any atom is -0.497 e. The van der Waals surface area contributed by atoms with Crippen LogP contribution in [-0.4, -0.2) is 35.8 Å². The van der Waals surface area contributed by atoms with E-state index in [1.54, 1.807) is 12.0 Å². The first-order chi connectivity index (χ1) is 11.3. The molecule has 1 spiro atoms. The highest BCUT2D eigenvalue weighted by molar-refractivity contribution is 5.71. The van der Waals surface area contributed by atoms with E-state index in [-0.39, 0.29) is 23.5 Å². The van der Waals surface area contributed by atoms with Crippen LogP contribution in [0.5, 0.6) is 5.75 Å². The molecule has 1 saturated heterocycles. The monoisotopic (exact) mass is 328 g/mol. The molecule has 1 aromatic carbocycles. The largest absolute Gasteiger partial charge is 0.497 e. The van der Waals surface area contributed by atoms with Crippen molar-refractivity contribution < 1.29 is 14.3 Å². The fourth-order valence-electron chi connectivity index (χ4n) is 3.69. The molecule has 128 valence electrons. The van der Waals surface area contributed by atoms with E-state index < -0.39 is 5.60 Å². The molecule has 1 amide bonds. The van der Waals surface area contributed by atoms with Crippen LogP contribution in [0.2, 0.25) is 0 Å². The zero-order chi connectivity index (χ0) is 17.5. The van der Waals surface area contributed by atoms with Crippen LogP contribution in [0.1, 0.15) is 45.1 Å². The Labute approximate surface area is 143 Å². The van der Waals surface area contributed by atoms with Crippen molar-refractivity contribution in [3.63, 3.8) is 0 Å². The highest BCUT2D eigenvalue weighted by Gasteiger charge is 2.64. The lowest BCUT2D eigenvalue weighted by atomic mass is 9.85. The average Bonchev–Trinajstić information content (AvgIpc) is 3.22. The second-order valence-electron chi connectivity index (χ2n) is 7.68. The Morgan fingerprint density at radius 1 is 1.38 bits per heavy atom. The van der Waals surface area contributed by atoms with Gasteiger partial charge in [-0.05, 0) is 51.3 Å². The van der Waals surface area contributed by atoms with Crippen molar-refractivity contribution in [3.05, 3.63) is 29.8 Å². The summed E-state index contributed by atoms with van der Waals surface area (Å²) in [4.78, 5) is 14.4. The molecule has 24 heavy (non-hydrogen) atoms. The number of methoxy groups -OCH3 is 1. The van der Waals surface area contributed by atoms with Gasteiger partial charge in [0.1, 0.15) is 11.4 Å². The van der Waals surface area contributed by atoms with E-state index in [9.17, 15) is 10.1 Å². The Morgan fingerprint density at radius 2 is 2.08 bits per heavy atom. The standard InChI is InChI=1S/C19H24N2O3/c1-18(2,3)24-17(22)21-12-15(16(11-20)19(21)8-9-19)13-6-5-7-14(10-13)23-4/h5-7,10,15-16H,8-9,12H2,1-4H3/t15?,16-/m1/s1. The summed E-state index contributed by atoms with van der Waals surface area (Å²) in [6.07, 6.45) is 1.42. The number of hydrogen-bond acceptors (Lipinski definition) is 4. The summed E-state index contributed by atoms with van der Waals surface area (Å²) >= 11 is 0. The van der Waals surface area contributed by atoms with Crippen molar-refractivity contribution in [3.8, 4) is 11.8 Å². The maximum atomic E-state index is 12.6. The number of benzene rings is 1. The van der Waals surface area contributed by atoms with E-state index in [1.165, 1.54) is 0 Å². The van der Waals surface area contributed by atoms with Crippen LogP contribution in [-0.2, 0) is 4.74 Å². The number of carbonyl (C=O) groups is 1. The van der Waals surface area contributed by atoms with Crippen LogP contribution < -0.4 is 4.74 Å². The zero-order valence-corrected chi connectivity index (χ0v) is 14.7. The third-order valence-electron chi connectivity index (χ3n) is 4.94. The molecular weight excluding hydrogens is 304 g/mol. The van der Waals surface area contributed by atoms with Gasteiger partial charge in [0.15, 0.2) is 0 Å². The second-order valence-corrected chi connectivity index (χ2v) is 7.68. The second kappa shape index (κ2) is 5.70. The lowest BCUT2D eigenvalue weighted by Gasteiger charge is -2.29. The number of hydrogen-bond donors (Lipinski definition) is 0. The fraction of sp³-hybridized carbons (Fsp3) is 0.579. The topological polar surface area (TPSA) is 62.6 Å². The van der Waals surface area contributed by atoms with Crippen molar-refractivity contribution in [1.29, 1.82) is 5.26 Å². The van der Waals surface area contributed by atoms with E-state index in [1.807, 2.05) is 45.0 Å². The smallest absolute Gasteiger partial charge is 0.410 e. The maximum absolute atomic E-state index is 12.6. The number of amides is 1. The average molecular weight is 328 g/mol. The van der Waals surface area contributed by atoms with Gasteiger partial charge in [0.2, 0.25) is 0 Å². The van der Waals surface area contributed by atoms with Gasteiger partial charge < -0.3 is 14.4 Å². The molecule has 5 nitrogen and oxygen atoms in total. The van der Waals surface area contributed by atoms with Gasteiger partial charge in [-0.25, -0.2) is 4.79 Å². The molecule has 1 aliphatic heterocycles. The van der Waals surface area contributed by atoms with Gasteiger partial charge in [-0.3, -0.25) is 0 Å². The lowest BCUT2D eigenvalue weighted by molar-refractivity contribution is 0.0190. The van der Waals surface area contributed by atoms with Crippen LogP contribution in [0, 0.1) is 17.2 Å². The molecule has 0 N–H and O–H groups in total. The summed E-state index contributed by atoms with van der Waals surface area (Å²) in [5, 5.41) is 9.77. The molecule has 0 bridgehead atoms. The number of carbonyl (C=O) groups excluding carboxylic acids is 1. The Balaban J connectivity index is 1.90. The fourth-order valence-corrected chi connectivity index (χ4v) is 3.69. The Morgan fingerprint density at radius 3 is 2.62 bits per heavy atom. The van der Waals surface area contributed by atoms with Gasteiger partial charge in [-0.15, -0.1) is 0 Å². The quantitative estimate of drug-likeness (QED) is 0.830. The van der Waals surface area contributed by atoms with Crippen molar-refractivity contribution in [2.45, 2.75) is 50.7 Å². The van der Waals surface area contributed by atoms with Gasteiger partial charge in [-0.2, -0.15) is 5.26 Å². The highest BCUT2D eigenvalue weighted by atomic mass is 16.6. The molecule has 2 aliphatic rings. The minimum atomic E-state index is -0.538. The normalized spacial score (nSPS) is 24.5. The van der Waals surface area contributed by atoms with E-state index in [2.05, 4.69) is 6.07 Å². The summed E-state index contributed by atoms with van der Waals surface area (Å²) < 4.78 is 10.9. The van der Waals surface area contributed by atoms with E-state index in [0.29, 0.717) is 6.54 Å². The van der Waals surface area contributed by atoms with Gasteiger partial charge in [0.05, 0.1) is 24.6 Å². The Bertz CT molecular complexity index is 683. The molecule has 1 aliphatic carbocycles. The molecule has 1 aromatic rings. The molecule has 0 aromatic heterocycles. The van der Waals surface area contributed by atoms with Crippen LogP contribution in [0.25, 0.3) is 0 Å². The van der Waals surface area contributed by atoms with Crippen molar-refractivity contribution in [2.24, 2.45) is 5.92 Å². The Kier molecular flexibility index (Phi) is 3.95. The molecule has 1 unspecified atom stereocenters. The third-order valence-corrected chi connectivity index (χ3v) is 4.94. The molecule has 1 saturated carbocycles. The van der Waals surface area contributed by atoms with Gasteiger partial charge in [-0.1, -0.05) is 12.1 Å². The number of nitrogens with zero attached hydrogens (tertiary/aromatic N) is 2. The third kappa shape index (κ3) is 2.82. The SMILES string of the molecule is COc1cccc(C2CN(C(=O)OC(C)(C)C)C3(CC3)[C@@H]2C#N)c1. The molecule has 2 fully saturated rings. The summed E-state index contributed by atoms with van der Waals surface area (Å²) in [6.45, 7) is 6.10. The van der Waals surface area contributed by atoms with Crippen LogP contribution in [0.3, 0.4) is 0 Å². The minimum absolute atomic E-state index is 0.0138. The predicted molar refractivity (Wildman–Crippen MR) is 89.7 cm³/mol. The summed E-state index contributed by atoms with van der Waals surface area (Å²) in [5.74, 6) is 0.544. The Hall–Kier alpha value is -2.22. The van der Waals surface area contributed by atoms with Gasteiger partial charge in [0.25, 0.3) is 0 Å². The van der Waals surface area contributed by atoms with Crippen molar-refractivity contribution in [1.82, 2.24) is 4.90 Å². The summed E-state index contributed by atoms with van der Waals surface area (Å²) in [7, 11) is 1.63. The summed E-state index contributed by atoms with van der Waals surface area (Å²) in [6, 6.07) is 10.2. The highest BCUT2D eigenvalue weighted by Crippen LogP contribution is 2.58. The molecule has 0 radical (unpaired) electrons. The number of likely N-dealkylation sites (tertiary alicyclic amines) is 1. The number of ether oxygens (including phenoxy) is 2. The van der Waals surface area contributed by atoms with E-state index in [0.717, 1.165) is 24.2 Å². The first kappa shape index (κ1) is 16.6. The summed E-state index contributed by atoms with van der Waals surface area (Å²) in [5.41, 5.74) is 0.145. The first-order valence-corrected chi connectivity index (χ1v) is 8.35. The molecule has 1 heterocycles. The lowest BCUT2D eigenvalue weighted by Crippen LogP contribution is -2.42. The molecular formula is C19H24N2O3. The van der Waals surface area contributed by atoms with Crippen molar-refractivity contribution in [2.75, 3.05) is 13.7 Å². The van der Waals surface area contributed by atoms with Crippen LogP contribution in [0.4, 0.5) is 4.79 Å². The number of rotatable bonds is 2. The van der Waals surface area contributed by atoms with Crippen LogP contribution >= 0.6 is 0 Å². The maximum Gasteiger partial charge on any atom is 0.410 e.